The van der Waals surface area contributed by atoms with Gasteiger partial charge in [0.2, 0.25) is 0 Å². The van der Waals surface area contributed by atoms with Gasteiger partial charge in [-0.25, -0.2) is 0 Å². The monoisotopic (exact) mass is 213 g/mol. The van der Waals surface area contributed by atoms with Crippen LogP contribution in [0.4, 0.5) is 0 Å². The lowest BCUT2D eigenvalue weighted by atomic mass is 10.2. The third kappa shape index (κ3) is 5.37. The minimum atomic E-state index is 0.336. The quantitative estimate of drug-likeness (QED) is 0.650. The summed E-state index contributed by atoms with van der Waals surface area (Å²) in [7, 11) is 0. The molecular formula is C11H19NOS. The highest BCUT2D eigenvalue weighted by molar-refractivity contribution is 7.07. The number of hydrogen-bond donors (Lipinski definition) is 2. The second-order valence-corrected chi connectivity index (χ2v) is 4.23. The molecule has 1 rings (SSSR count). The number of aliphatic hydroxyl groups excluding tert-OH is 1. The van der Waals surface area contributed by atoms with E-state index in [4.69, 9.17) is 5.11 Å². The summed E-state index contributed by atoms with van der Waals surface area (Å²) >= 11 is 1.75. The summed E-state index contributed by atoms with van der Waals surface area (Å²) in [5.41, 5.74) is 1.38. The lowest BCUT2D eigenvalue weighted by Crippen LogP contribution is -2.14. The van der Waals surface area contributed by atoms with E-state index in [9.17, 15) is 0 Å². The Bertz CT molecular complexity index is 211. The molecular weight excluding hydrogens is 194 g/mol. The molecule has 0 aliphatic rings. The van der Waals surface area contributed by atoms with E-state index >= 15 is 0 Å². The largest absolute Gasteiger partial charge is 0.396 e. The van der Waals surface area contributed by atoms with Gasteiger partial charge >= 0.3 is 0 Å². The topological polar surface area (TPSA) is 32.3 Å². The van der Waals surface area contributed by atoms with Crippen molar-refractivity contribution in [3.05, 3.63) is 22.4 Å². The molecule has 0 spiro atoms. The third-order valence-corrected chi connectivity index (χ3v) is 2.90. The van der Waals surface area contributed by atoms with E-state index in [0.717, 1.165) is 25.9 Å². The minimum Gasteiger partial charge on any atom is -0.396 e. The van der Waals surface area contributed by atoms with Crippen molar-refractivity contribution in [1.82, 2.24) is 5.32 Å². The molecule has 80 valence electrons. The van der Waals surface area contributed by atoms with Gasteiger partial charge in [0.15, 0.2) is 0 Å². The van der Waals surface area contributed by atoms with E-state index in [1.54, 1.807) is 11.3 Å². The van der Waals surface area contributed by atoms with Crippen LogP contribution in [0.2, 0.25) is 0 Å². The number of hydrogen-bond acceptors (Lipinski definition) is 3. The van der Waals surface area contributed by atoms with Gasteiger partial charge in [-0.05, 0) is 41.8 Å². The van der Waals surface area contributed by atoms with Gasteiger partial charge < -0.3 is 10.4 Å². The molecule has 1 aromatic heterocycles. The second-order valence-electron chi connectivity index (χ2n) is 3.45. The van der Waals surface area contributed by atoms with Gasteiger partial charge in [0, 0.05) is 13.2 Å². The number of rotatable bonds is 8. The second kappa shape index (κ2) is 7.97. The molecule has 0 aliphatic heterocycles. The first-order valence-corrected chi connectivity index (χ1v) is 6.20. The highest BCUT2D eigenvalue weighted by Crippen LogP contribution is 2.05. The fraction of sp³-hybridized carbons (Fsp3) is 0.636. The first-order valence-electron chi connectivity index (χ1n) is 5.26. The van der Waals surface area contributed by atoms with Crippen LogP contribution >= 0.6 is 11.3 Å². The highest BCUT2D eigenvalue weighted by atomic mass is 32.1. The number of nitrogens with one attached hydrogen (secondary N) is 1. The molecule has 1 aromatic rings. The lowest BCUT2D eigenvalue weighted by molar-refractivity contribution is 0.282. The van der Waals surface area contributed by atoms with Crippen molar-refractivity contribution >= 4 is 11.3 Å². The molecule has 0 aromatic carbocycles. The summed E-state index contributed by atoms with van der Waals surface area (Å²) in [4.78, 5) is 0. The average Bonchev–Trinajstić information content (AvgIpc) is 2.69. The van der Waals surface area contributed by atoms with E-state index in [-0.39, 0.29) is 0 Å². The van der Waals surface area contributed by atoms with E-state index < -0.39 is 0 Å². The Kier molecular flexibility index (Phi) is 6.66. The molecule has 0 atom stereocenters. The molecule has 0 saturated carbocycles. The maximum Gasteiger partial charge on any atom is 0.0431 e. The summed E-state index contributed by atoms with van der Waals surface area (Å²) in [5.74, 6) is 0. The van der Waals surface area contributed by atoms with Crippen LogP contribution in [0.3, 0.4) is 0 Å². The van der Waals surface area contributed by atoms with E-state index in [1.165, 1.54) is 18.4 Å². The summed E-state index contributed by atoms with van der Waals surface area (Å²) in [5, 5.41) is 16.3. The maximum absolute atomic E-state index is 8.58. The average molecular weight is 213 g/mol. The molecule has 0 amide bonds. The normalized spacial score (nSPS) is 10.6. The first kappa shape index (κ1) is 11.7. The zero-order chi connectivity index (χ0) is 10.1. The molecule has 0 unspecified atom stereocenters. The molecule has 2 N–H and O–H groups in total. The van der Waals surface area contributed by atoms with Crippen molar-refractivity contribution in [3.8, 4) is 0 Å². The molecule has 0 aliphatic carbocycles. The van der Waals surface area contributed by atoms with Crippen LogP contribution < -0.4 is 5.32 Å². The van der Waals surface area contributed by atoms with E-state index in [1.807, 2.05) is 0 Å². The summed E-state index contributed by atoms with van der Waals surface area (Å²) in [6.07, 6.45) is 4.53. The van der Waals surface area contributed by atoms with Crippen molar-refractivity contribution in [3.63, 3.8) is 0 Å². The van der Waals surface area contributed by atoms with Crippen LogP contribution in [0, 0.1) is 0 Å². The van der Waals surface area contributed by atoms with Gasteiger partial charge in [0.05, 0.1) is 0 Å². The van der Waals surface area contributed by atoms with Crippen LogP contribution in [0.1, 0.15) is 31.2 Å². The van der Waals surface area contributed by atoms with Crippen molar-refractivity contribution in [2.75, 3.05) is 13.2 Å². The summed E-state index contributed by atoms with van der Waals surface area (Å²) in [6.45, 7) is 2.41. The standard InChI is InChI=1S/C11H19NOS/c13-7-4-2-1-3-6-12-9-11-5-8-14-10-11/h5,8,10,12-13H,1-4,6-7,9H2. The lowest BCUT2D eigenvalue weighted by Gasteiger charge is -2.02. The maximum atomic E-state index is 8.58. The molecule has 2 nitrogen and oxygen atoms in total. The van der Waals surface area contributed by atoms with Crippen LogP contribution in [0.15, 0.2) is 16.8 Å². The fourth-order valence-corrected chi connectivity index (χ4v) is 2.01. The number of unbranched alkanes of at least 4 members (excludes halogenated alkanes) is 3. The highest BCUT2D eigenvalue weighted by Gasteiger charge is 1.92. The van der Waals surface area contributed by atoms with Crippen molar-refractivity contribution < 1.29 is 5.11 Å². The summed E-state index contributed by atoms with van der Waals surface area (Å²) in [6, 6.07) is 2.16. The first-order chi connectivity index (χ1) is 6.93. The molecule has 0 radical (unpaired) electrons. The zero-order valence-corrected chi connectivity index (χ0v) is 9.35. The van der Waals surface area contributed by atoms with Gasteiger partial charge in [-0.15, -0.1) is 0 Å². The van der Waals surface area contributed by atoms with Crippen molar-refractivity contribution in [2.24, 2.45) is 0 Å². The van der Waals surface area contributed by atoms with Crippen molar-refractivity contribution in [1.29, 1.82) is 0 Å². The Balaban J connectivity index is 1.85. The van der Waals surface area contributed by atoms with Gasteiger partial charge in [-0.2, -0.15) is 11.3 Å². The Labute approximate surface area is 90.0 Å². The predicted molar refractivity (Wildman–Crippen MR) is 61.6 cm³/mol. The minimum absolute atomic E-state index is 0.336. The fourth-order valence-electron chi connectivity index (χ4n) is 1.34. The van der Waals surface area contributed by atoms with Crippen LogP contribution in [0.5, 0.6) is 0 Å². The SMILES string of the molecule is OCCCCCCNCc1ccsc1. The molecule has 0 bridgehead atoms. The predicted octanol–water partition coefficient (Wildman–Crippen LogP) is 2.39. The molecule has 3 heteroatoms. The zero-order valence-electron chi connectivity index (χ0n) is 8.54. The van der Waals surface area contributed by atoms with Crippen LogP contribution in [0.25, 0.3) is 0 Å². The van der Waals surface area contributed by atoms with E-state index in [0.29, 0.717) is 6.61 Å². The number of aliphatic hydroxyl groups is 1. The Morgan fingerprint density at radius 2 is 2.07 bits per heavy atom. The Morgan fingerprint density at radius 1 is 1.21 bits per heavy atom. The molecule has 14 heavy (non-hydrogen) atoms. The van der Waals surface area contributed by atoms with E-state index in [2.05, 4.69) is 22.1 Å². The Morgan fingerprint density at radius 3 is 2.79 bits per heavy atom. The number of thiophene rings is 1. The smallest absolute Gasteiger partial charge is 0.0431 e. The van der Waals surface area contributed by atoms with Crippen LogP contribution in [-0.4, -0.2) is 18.3 Å². The van der Waals surface area contributed by atoms with Crippen LogP contribution in [-0.2, 0) is 6.54 Å². The molecule has 0 saturated heterocycles. The van der Waals surface area contributed by atoms with Gasteiger partial charge in [-0.3, -0.25) is 0 Å². The van der Waals surface area contributed by atoms with Gasteiger partial charge in [0.25, 0.3) is 0 Å². The van der Waals surface area contributed by atoms with Gasteiger partial charge in [0.1, 0.15) is 0 Å². The van der Waals surface area contributed by atoms with Gasteiger partial charge in [-0.1, -0.05) is 12.8 Å². The Hall–Kier alpha value is -0.380. The molecule has 0 fully saturated rings. The van der Waals surface area contributed by atoms with Crippen molar-refractivity contribution in [2.45, 2.75) is 32.2 Å². The molecule has 1 heterocycles. The summed E-state index contributed by atoms with van der Waals surface area (Å²) < 4.78 is 0. The third-order valence-electron chi connectivity index (χ3n) is 2.17.